The first kappa shape index (κ1) is 18.5. The van der Waals surface area contributed by atoms with Gasteiger partial charge in [0.05, 0.1) is 7.11 Å². The van der Waals surface area contributed by atoms with Gasteiger partial charge in [0.25, 0.3) is 0 Å². The van der Waals surface area contributed by atoms with Gasteiger partial charge >= 0.3 is 0 Å². The highest BCUT2D eigenvalue weighted by atomic mass is 16.5. The second-order valence-electron chi connectivity index (χ2n) is 8.54. The van der Waals surface area contributed by atoms with Crippen molar-refractivity contribution in [1.82, 2.24) is 9.88 Å². The van der Waals surface area contributed by atoms with Gasteiger partial charge in [-0.1, -0.05) is 48.5 Å². The number of benzene rings is 3. The average Bonchev–Trinajstić information content (AvgIpc) is 3.19. The molecule has 31 heavy (non-hydrogen) atoms. The van der Waals surface area contributed by atoms with Gasteiger partial charge in [0, 0.05) is 35.7 Å². The van der Waals surface area contributed by atoms with Crippen molar-refractivity contribution in [3.63, 3.8) is 0 Å². The Balaban J connectivity index is 1.36. The van der Waals surface area contributed by atoms with Gasteiger partial charge in [-0.05, 0) is 53.3 Å². The smallest absolute Gasteiger partial charge is 0.162 e. The van der Waals surface area contributed by atoms with Crippen LogP contribution in [0.2, 0.25) is 0 Å². The Morgan fingerprint density at radius 3 is 2.71 bits per heavy atom. The Kier molecular flexibility index (Phi) is 4.46. The highest BCUT2D eigenvalue weighted by Crippen LogP contribution is 2.43. The van der Waals surface area contributed by atoms with E-state index in [-0.39, 0.29) is 0 Å². The first-order valence-electron chi connectivity index (χ1n) is 11.0. The summed E-state index contributed by atoms with van der Waals surface area (Å²) in [5.74, 6) is 1.66. The summed E-state index contributed by atoms with van der Waals surface area (Å²) in [4.78, 5) is 6.26. The first-order chi connectivity index (χ1) is 15.3. The number of hydrogen-bond acceptors (Lipinski definition) is 3. The molecule has 1 atom stereocenters. The molecular formula is C27H26N2O2. The normalized spacial score (nSPS) is 17.6. The molecule has 0 radical (unpaired) electrons. The van der Waals surface area contributed by atoms with Crippen molar-refractivity contribution in [2.75, 3.05) is 13.7 Å². The molecule has 0 amide bonds. The van der Waals surface area contributed by atoms with E-state index in [9.17, 15) is 0 Å². The minimum Gasteiger partial charge on any atom is -0.493 e. The second-order valence-corrected chi connectivity index (χ2v) is 8.54. The van der Waals surface area contributed by atoms with Gasteiger partial charge in [0.2, 0.25) is 0 Å². The van der Waals surface area contributed by atoms with E-state index in [1.807, 2.05) is 18.2 Å². The summed E-state index contributed by atoms with van der Waals surface area (Å²) in [5.41, 5.74) is 8.00. The van der Waals surface area contributed by atoms with E-state index < -0.39 is 0 Å². The summed E-state index contributed by atoms with van der Waals surface area (Å²) < 4.78 is 11.9. The largest absolute Gasteiger partial charge is 0.493 e. The molecule has 0 aliphatic carbocycles. The Bertz CT molecular complexity index is 1250. The molecule has 0 spiro atoms. The molecule has 2 aliphatic heterocycles. The zero-order valence-electron chi connectivity index (χ0n) is 17.7. The van der Waals surface area contributed by atoms with E-state index >= 15 is 0 Å². The molecule has 6 rings (SSSR count). The summed E-state index contributed by atoms with van der Waals surface area (Å²) in [6, 6.07) is 23.8. The van der Waals surface area contributed by atoms with Crippen LogP contribution in [0.1, 0.15) is 34.0 Å². The Morgan fingerprint density at radius 1 is 1.00 bits per heavy atom. The molecule has 1 aromatic heterocycles. The number of hydrogen-bond donors (Lipinski definition) is 1. The lowest BCUT2D eigenvalue weighted by Crippen LogP contribution is -2.39. The van der Waals surface area contributed by atoms with E-state index in [2.05, 4.69) is 58.4 Å². The predicted octanol–water partition coefficient (Wildman–Crippen LogP) is 5.41. The maximum atomic E-state index is 6.23. The molecule has 1 N–H and O–H groups in total. The van der Waals surface area contributed by atoms with Gasteiger partial charge < -0.3 is 14.5 Å². The molecule has 2 aliphatic rings. The maximum Gasteiger partial charge on any atom is 0.162 e. The third-order valence-electron chi connectivity index (χ3n) is 6.79. The summed E-state index contributed by atoms with van der Waals surface area (Å²) in [5, 5.41) is 1.36. The number of ether oxygens (including phenoxy) is 2. The molecule has 4 aromatic rings. The molecule has 0 bridgehead atoms. The Hall–Kier alpha value is -3.24. The van der Waals surface area contributed by atoms with Crippen molar-refractivity contribution in [2.24, 2.45) is 0 Å². The topological polar surface area (TPSA) is 37.5 Å². The van der Waals surface area contributed by atoms with Gasteiger partial charge in [-0.3, -0.25) is 4.90 Å². The van der Waals surface area contributed by atoms with Gasteiger partial charge in [-0.2, -0.15) is 0 Å². The van der Waals surface area contributed by atoms with E-state index in [4.69, 9.17) is 9.47 Å². The minimum absolute atomic E-state index is 0.375. The zero-order chi connectivity index (χ0) is 20.8. The summed E-state index contributed by atoms with van der Waals surface area (Å²) in [6.45, 7) is 2.58. The third kappa shape index (κ3) is 3.19. The van der Waals surface area contributed by atoms with Crippen LogP contribution in [0.15, 0.2) is 66.7 Å². The van der Waals surface area contributed by atoms with Gasteiger partial charge in [-0.25, -0.2) is 0 Å². The van der Waals surface area contributed by atoms with Crippen LogP contribution in [-0.2, 0) is 26.0 Å². The first-order valence-corrected chi connectivity index (χ1v) is 11.0. The number of fused-ring (bicyclic) bond motifs is 6. The van der Waals surface area contributed by atoms with Crippen LogP contribution in [0.5, 0.6) is 11.5 Å². The van der Waals surface area contributed by atoms with E-state index in [0.717, 1.165) is 43.0 Å². The van der Waals surface area contributed by atoms with Crippen LogP contribution in [-0.4, -0.2) is 23.5 Å². The molecule has 156 valence electrons. The number of aromatic amines is 1. The summed E-state index contributed by atoms with van der Waals surface area (Å²) in [6.07, 6.45) is 2.06. The Morgan fingerprint density at radius 2 is 1.84 bits per heavy atom. The summed E-state index contributed by atoms with van der Waals surface area (Å²) in [7, 11) is 1.73. The van der Waals surface area contributed by atoms with Crippen LogP contribution in [0, 0.1) is 0 Å². The van der Waals surface area contributed by atoms with Crippen molar-refractivity contribution >= 4 is 10.9 Å². The van der Waals surface area contributed by atoms with Crippen molar-refractivity contribution < 1.29 is 9.47 Å². The molecular weight excluding hydrogens is 384 g/mol. The minimum atomic E-state index is 0.375. The maximum absolute atomic E-state index is 6.23. The lowest BCUT2D eigenvalue weighted by molar-refractivity contribution is 0.158. The van der Waals surface area contributed by atoms with Crippen molar-refractivity contribution in [2.45, 2.75) is 32.0 Å². The van der Waals surface area contributed by atoms with Crippen LogP contribution >= 0.6 is 0 Å². The molecule has 3 heterocycles. The average molecular weight is 411 g/mol. The fourth-order valence-corrected chi connectivity index (χ4v) is 5.22. The lowest BCUT2D eigenvalue weighted by Gasteiger charge is -2.40. The number of nitrogens with one attached hydrogen (secondary N) is 1. The number of rotatable bonds is 4. The standard InChI is InChI=1S/C27H26N2O2/c1-30-26-13-19-11-12-29-16-24-22(20-9-5-6-10-23(20)28-24)14-25(29)21(19)15-27(26)31-17-18-7-3-2-4-8-18/h2-10,13,15,25,28H,11-12,14,16-17H2,1H3/t25-/m0/s1. The number of para-hydroxylation sites is 1. The van der Waals surface area contributed by atoms with Crippen LogP contribution < -0.4 is 9.47 Å². The van der Waals surface area contributed by atoms with E-state index in [0.29, 0.717) is 12.6 Å². The number of nitrogens with zero attached hydrogens (tertiary/aromatic N) is 1. The second kappa shape index (κ2) is 7.47. The van der Waals surface area contributed by atoms with E-state index in [1.54, 1.807) is 7.11 Å². The molecule has 0 saturated carbocycles. The third-order valence-corrected chi connectivity index (χ3v) is 6.79. The van der Waals surface area contributed by atoms with Gasteiger partial charge in [0.15, 0.2) is 11.5 Å². The fraction of sp³-hybridized carbons (Fsp3) is 0.259. The Labute approximate surface area is 182 Å². The molecule has 3 aromatic carbocycles. The van der Waals surface area contributed by atoms with Gasteiger partial charge in [-0.15, -0.1) is 0 Å². The molecule has 4 heteroatoms. The van der Waals surface area contributed by atoms with Gasteiger partial charge in [0.1, 0.15) is 6.61 Å². The molecule has 0 fully saturated rings. The fourth-order valence-electron chi connectivity index (χ4n) is 5.22. The van der Waals surface area contributed by atoms with Crippen LogP contribution in [0.25, 0.3) is 10.9 Å². The number of methoxy groups -OCH3 is 1. The molecule has 0 saturated heterocycles. The number of H-pyrrole nitrogens is 1. The van der Waals surface area contributed by atoms with E-state index in [1.165, 1.54) is 33.3 Å². The highest BCUT2D eigenvalue weighted by Gasteiger charge is 2.34. The number of aromatic nitrogens is 1. The lowest BCUT2D eigenvalue weighted by atomic mass is 9.85. The van der Waals surface area contributed by atoms with Crippen LogP contribution in [0.3, 0.4) is 0 Å². The van der Waals surface area contributed by atoms with Crippen molar-refractivity contribution in [1.29, 1.82) is 0 Å². The molecule has 0 unspecified atom stereocenters. The van der Waals surface area contributed by atoms with Crippen molar-refractivity contribution in [3.05, 3.63) is 94.7 Å². The summed E-state index contributed by atoms with van der Waals surface area (Å²) >= 11 is 0. The highest BCUT2D eigenvalue weighted by molar-refractivity contribution is 5.85. The monoisotopic (exact) mass is 410 g/mol. The quantitative estimate of drug-likeness (QED) is 0.489. The predicted molar refractivity (Wildman–Crippen MR) is 123 cm³/mol. The zero-order valence-corrected chi connectivity index (χ0v) is 17.7. The van der Waals surface area contributed by atoms with Crippen molar-refractivity contribution in [3.8, 4) is 11.5 Å². The SMILES string of the molecule is COc1cc2c(cc1OCc1ccccc1)[C@@H]1Cc3c([nH]c4ccccc34)CN1CC2. The van der Waals surface area contributed by atoms with Crippen LogP contribution in [0.4, 0.5) is 0 Å². The molecule has 4 nitrogen and oxygen atoms in total.